The van der Waals surface area contributed by atoms with E-state index < -0.39 is 7.82 Å². The molecule has 0 aromatic heterocycles. The molecule has 0 fully saturated rings. The summed E-state index contributed by atoms with van der Waals surface area (Å²) >= 11 is 0. The van der Waals surface area contributed by atoms with Crippen LogP contribution in [0.15, 0.2) is 0 Å². The van der Waals surface area contributed by atoms with Gasteiger partial charge in [-0.1, -0.05) is 0 Å². The maximum absolute atomic E-state index is 8.88. The van der Waals surface area contributed by atoms with E-state index in [9.17, 15) is 0 Å². The van der Waals surface area contributed by atoms with Crippen LogP contribution in [-0.4, -0.2) is 20.2 Å². The van der Waals surface area contributed by atoms with Crippen molar-refractivity contribution in [3.63, 3.8) is 0 Å². The zero-order valence-corrected chi connectivity index (χ0v) is 6.00. The van der Waals surface area contributed by atoms with E-state index in [2.05, 4.69) is 0 Å². The van der Waals surface area contributed by atoms with Crippen LogP contribution in [0.2, 0.25) is 0 Å². The average molecular weight is 178 g/mol. The molecule has 0 rings (SSSR count). The van der Waals surface area contributed by atoms with E-state index in [0.29, 0.717) is 0 Å². The van der Waals surface area contributed by atoms with Gasteiger partial charge < -0.3 is 20.2 Å². The van der Waals surface area contributed by atoms with Gasteiger partial charge in [0.2, 0.25) is 0 Å². The Balaban J connectivity index is -0.0000000267. The van der Waals surface area contributed by atoms with Crippen LogP contribution in [0.1, 0.15) is 0 Å². The fraction of sp³-hybridized carbons (Fsp3) is 0. The third kappa shape index (κ3) is 195. The van der Waals surface area contributed by atoms with Crippen molar-refractivity contribution in [2.45, 2.75) is 0 Å². The van der Waals surface area contributed by atoms with Gasteiger partial charge in [-0.2, -0.15) is 0 Å². The van der Waals surface area contributed by atoms with Crippen molar-refractivity contribution in [2.75, 3.05) is 0 Å². The second kappa shape index (κ2) is 8.19. The summed E-state index contributed by atoms with van der Waals surface area (Å²) in [5.41, 5.74) is 0. The Bertz CT molecular complexity index is 58.6. The molecular formula is H4FeLiO5P. The van der Waals surface area contributed by atoms with Gasteiger partial charge in [0.05, 0.1) is 0 Å². The van der Waals surface area contributed by atoms with E-state index in [1.54, 1.807) is 0 Å². The maximum Gasteiger partial charge on any atom is 1.00 e. The quantitative estimate of drug-likeness (QED) is 0.258. The normalized spacial score (nSPS) is 7.38. The monoisotopic (exact) mass is 178 g/mol. The SMILES string of the molecule is O=P(O)(O)O.[Fe].[Li+].[OH-]. The van der Waals surface area contributed by atoms with Gasteiger partial charge in [-0.3, -0.25) is 0 Å². The Kier molecular flexibility index (Phi) is 23.4. The molecule has 0 radical (unpaired) electrons. The molecule has 8 heavy (non-hydrogen) atoms. The molecule has 0 aromatic carbocycles. The third-order valence-electron chi connectivity index (χ3n) is 0. The van der Waals surface area contributed by atoms with Gasteiger partial charge in [0.15, 0.2) is 0 Å². The van der Waals surface area contributed by atoms with E-state index in [-0.39, 0.29) is 41.4 Å². The van der Waals surface area contributed by atoms with Crippen LogP contribution in [-0.2, 0) is 21.6 Å². The molecule has 48 valence electrons. The summed E-state index contributed by atoms with van der Waals surface area (Å²) in [7, 11) is -4.64. The van der Waals surface area contributed by atoms with Crippen molar-refractivity contribution in [3.8, 4) is 0 Å². The average Bonchev–Trinajstić information content (AvgIpc) is 0.722. The summed E-state index contributed by atoms with van der Waals surface area (Å²) in [6, 6.07) is 0. The second-order valence-corrected chi connectivity index (χ2v) is 1.54. The van der Waals surface area contributed by atoms with Crippen LogP contribution >= 0.6 is 7.82 Å². The summed E-state index contributed by atoms with van der Waals surface area (Å²) in [4.78, 5) is 21.6. The van der Waals surface area contributed by atoms with Crippen molar-refractivity contribution in [1.29, 1.82) is 0 Å². The van der Waals surface area contributed by atoms with Crippen LogP contribution in [0, 0.1) is 0 Å². The minimum Gasteiger partial charge on any atom is -0.870 e. The zero-order chi connectivity index (χ0) is 4.50. The molecule has 0 aliphatic carbocycles. The van der Waals surface area contributed by atoms with Crippen LogP contribution in [0.25, 0.3) is 0 Å². The topological polar surface area (TPSA) is 108 Å². The summed E-state index contributed by atoms with van der Waals surface area (Å²) in [5.74, 6) is 0. The van der Waals surface area contributed by atoms with E-state index in [4.69, 9.17) is 19.2 Å². The summed E-state index contributed by atoms with van der Waals surface area (Å²) in [6.07, 6.45) is 0. The Morgan fingerprint density at radius 2 is 1.12 bits per heavy atom. The predicted octanol–water partition coefficient (Wildman–Crippen LogP) is -4.10. The predicted molar refractivity (Wildman–Crippen MR) is 16.2 cm³/mol. The molecule has 0 aliphatic rings. The Hall–Kier alpha value is 1.19. The van der Waals surface area contributed by atoms with Gasteiger partial charge in [-0.25, -0.2) is 4.57 Å². The van der Waals surface area contributed by atoms with Crippen molar-refractivity contribution in [2.24, 2.45) is 0 Å². The molecule has 5 nitrogen and oxygen atoms in total. The molecule has 0 heterocycles. The Labute approximate surface area is 68.7 Å². The summed E-state index contributed by atoms with van der Waals surface area (Å²) in [6.45, 7) is 0. The molecule has 8 heteroatoms. The van der Waals surface area contributed by atoms with E-state index in [1.807, 2.05) is 0 Å². The number of hydrogen-bond acceptors (Lipinski definition) is 2. The second-order valence-electron chi connectivity index (χ2n) is 0.513. The number of rotatable bonds is 0. The molecule has 0 aliphatic heterocycles. The van der Waals surface area contributed by atoms with Crippen LogP contribution in [0.5, 0.6) is 0 Å². The van der Waals surface area contributed by atoms with Crippen LogP contribution in [0.3, 0.4) is 0 Å². The summed E-state index contributed by atoms with van der Waals surface area (Å²) < 4.78 is 8.88. The first-order chi connectivity index (χ1) is 2.00. The van der Waals surface area contributed by atoms with Crippen molar-refractivity contribution in [3.05, 3.63) is 0 Å². The van der Waals surface area contributed by atoms with E-state index in [0.717, 1.165) is 0 Å². The first-order valence-electron chi connectivity index (χ1n) is 0.783. The molecular weight excluding hydrogens is 174 g/mol. The third-order valence-corrected chi connectivity index (χ3v) is 0. The minimum absolute atomic E-state index is 0. The smallest absolute Gasteiger partial charge is 0.870 e. The van der Waals surface area contributed by atoms with Crippen molar-refractivity contribution in [1.82, 2.24) is 0 Å². The van der Waals surface area contributed by atoms with Crippen LogP contribution < -0.4 is 18.9 Å². The molecule has 0 aromatic rings. The first-order valence-corrected chi connectivity index (χ1v) is 2.35. The number of hydrogen-bond donors (Lipinski definition) is 3. The van der Waals surface area contributed by atoms with Gasteiger partial charge >= 0.3 is 26.7 Å². The van der Waals surface area contributed by atoms with Crippen molar-refractivity contribution < 1.29 is 60.7 Å². The maximum atomic E-state index is 8.88. The van der Waals surface area contributed by atoms with Gasteiger partial charge in [0.25, 0.3) is 0 Å². The molecule has 0 unspecified atom stereocenters. The molecule has 0 saturated carbocycles. The van der Waals surface area contributed by atoms with Gasteiger partial charge in [0.1, 0.15) is 0 Å². The van der Waals surface area contributed by atoms with Gasteiger partial charge in [-0.15, -0.1) is 0 Å². The molecule has 0 atom stereocenters. The van der Waals surface area contributed by atoms with Crippen LogP contribution in [0.4, 0.5) is 0 Å². The largest absolute Gasteiger partial charge is 1.00 e. The van der Waals surface area contributed by atoms with Gasteiger partial charge in [0, 0.05) is 17.1 Å². The standard InChI is InChI=1S/Fe.Li.H3O4P.H2O/c;;1-5(2,3)4;/h;;(H3,1,2,3,4);1H2/q;+1;;/p-1. The minimum atomic E-state index is -4.64. The van der Waals surface area contributed by atoms with Gasteiger partial charge in [-0.05, 0) is 0 Å². The first kappa shape index (κ1) is 22.9. The molecule has 4 N–H and O–H groups in total. The fourth-order valence-corrected chi connectivity index (χ4v) is 0. The molecule has 0 saturated heterocycles. The number of phosphoric acid groups is 1. The Morgan fingerprint density at radius 1 is 1.12 bits per heavy atom. The molecule has 0 amide bonds. The fourth-order valence-electron chi connectivity index (χ4n) is 0. The van der Waals surface area contributed by atoms with E-state index >= 15 is 0 Å². The molecule has 0 spiro atoms. The molecule has 0 bridgehead atoms. The van der Waals surface area contributed by atoms with E-state index in [1.165, 1.54) is 0 Å². The Morgan fingerprint density at radius 3 is 1.12 bits per heavy atom. The zero-order valence-electron chi connectivity index (χ0n) is 4.00. The summed E-state index contributed by atoms with van der Waals surface area (Å²) in [5, 5.41) is 0. The van der Waals surface area contributed by atoms with Crippen molar-refractivity contribution >= 4 is 7.82 Å².